The molecule has 1 fully saturated rings. The first-order valence-corrected chi connectivity index (χ1v) is 8.46. The molecule has 0 saturated carbocycles. The lowest BCUT2D eigenvalue weighted by Crippen LogP contribution is -2.43. The lowest BCUT2D eigenvalue weighted by atomic mass is 10.0. The quantitative estimate of drug-likeness (QED) is 0.788. The Morgan fingerprint density at radius 3 is 2.69 bits per heavy atom. The second-order valence-electron chi connectivity index (χ2n) is 5.98. The number of amides is 1. The number of aromatic nitrogens is 2. The van der Waals surface area contributed by atoms with Crippen molar-refractivity contribution in [3.05, 3.63) is 41.3 Å². The lowest BCUT2D eigenvalue weighted by molar-refractivity contribution is -0.137. The fourth-order valence-corrected chi connectivity index (χ4v) is 2.97. The van der Waals surface area contributed by atoms with Crippen molar-refractivity contribution in [2.24, 2.45) is 0 Å². The van der Waals surface area contributed by atoms with E-state index in [9.17, 15) is 18.0 Å². The van der Waals surface area contributed by atoms with E-state index in [0.717, 1.165) is 25.0 Å². The maximum absolute atomic E-state index is 13.1. The predicted octanol–water partition coefficient (Wildman–Crippen LogP) is 3.90. The van der Waals surface area contributed by atoms with Crippen LogP contribution in [0, 0.1) is 0 Å². The summed E-state index contributed by atoms with van der Waals surface area (Å²) < 4.78 is 39.3. The van der Waals surface area contributed by atoms with Gasteiger partial charge in [-0.2, -0.15) is 13.2 Å². The molecule has 1 amide bonds. The molecule has 1 unspecified atom stereocenters. The van der Waals surface area contributed by atoms with E-state index in [-0.39, 0.29) is 16.7 Å². The molecule has 3 rings (SSSR count). The number of hydrogen-bond acceptors (Lipinski definition) is 4. The minimum absolute atomic E-state index is 0.0342. The monoisotopic (exact) mass is 384 g/mol. The van der Waals surface area contributed by atoms with Gasteiger partial charge in [0.15, 0.2) is 0 Å². The van der Waals surface area contributed by atoms with Crippen LogP contribution in [0.5, 0.6) is 0 Å². The first kappa shape index (κ1) is 18.6. The molecule has 9 heteroatoms. The van der Waals surface area contributed by atoms with Crippen LogP contribution in [0.25, 0.3) is 11.3 Å². The molecule has 138 valence electrons. The van der Waals surface area contributed by atoms with Gasteiger partial charge in [0, 0.05) is 11.6 Å². The maximum atomic E-state index is 13.1. The first-order valence-electron chi connectivity index (χ1n) is 8.08. The average Bonchev–Trinajstić information content (AvgIpc) is 2.61. The van der Waals surface area contributed by atoms with E-state index >= 15 is 0 Å². The highest BCUT2D eigenvalue weighted by Crippen LogP contribution is 2.35. The van der Waals surface area contributed by atoms with Gasteiger partial charge in [-0.05, 0) is 31.5 Å². The largest absolute Gasteiger partial charge is 0.416 e. The average molecular weight is 385 g/mol. The molecule has 0 bridgehead atoms. The third-order valence-electron chi connectivity index (χ3n) is 4.14. The third kappa shape index (κ3) is 4.31. The van der Waals surface area contributed by atoms with Gasteiger partial charge in [-0.25, -0.2) is 9.97 Å². The fraction of sp³-hybridized carbons (Fsp3) is 0.353. The van der Waals surface area contributed by atoms with E-state index < -0.39 is 17.8 Å². The standard InChI is InChI=1S/C17H16ClF3N4O/c18-15-8-13(23-9-24-15)11-5-4-10(17(19,20)21)7-14(11)25-16(26)12-3-1-2-6-22-12/h4-5,7-9,12,22H,1-3,6H2,(H,25,26). The molecule has 1 aromatic heterocycles. The van der Waals surface area contributed by atoms with Crippen molar-refractivity contribution in [3.8, 4) is 11.3 Å². The summed E-state index contributed by atoms with van der Waals surface area (Å²) in [6.45, 7) is 0.703. The molecular weight excluding hydrogens is 369 g/mol. The SMILES string of the molecule is O=C(Nc1cc(C(F)(F)F)ccc1-c1cc(Cl)ncn1)C1CCCCN1. The van der Waals surface area contributed by atoms with Crippen LogP contribution in [0.3, 0.4) is 0 Å². The molecular formula is C17H16ClF3N4O. The summed E-state index contributed by atoms with van der Waals surface area (Å²) >= 11 is 5.85. The fourth-order valence-electron chi connectivity index (χ4n) is 2.82. The number of carbonyl (C=O) groups excluding carboxylic acids is 1. The highest BCUT2D eigenvalue weighted by Gasteiger charge is 2.32. The molecule has 2 aromatic rings. The topological polar surface area (TPSA) is 66.9 Å². The Balaban J connectivity index is 1.97. The van der Waals surface area contributed by atoms with Crippen molar-refractivity contribution >= 4 is 23.2 Å². The minimum Gasteiger partial charge on any atom is -0.324 e. The van der Waals surface area contributed by atoms with Crippen molar-refractivity contribution in [1.82, 2.24) is 15.3 Å². The van der Waals surface area contributed by atoms with Gasteiger partial charge in [0.05, 0.1) is 23.0 Å². The Labute approximate surface area is 153 Å². The Morgan fingerprint density at radius 2 is 2.04 bits per heavy atom. The maximum Gasteiger partial charge on any atom is 0.416 e. The van der Waals surface area contributed by atoms with E-state index in [1.807, 2.05) is 0 Å². The molecule has 0 radical (unpaired) electrons. The van der Waals surface area contributed by atoms with Crippen molar-refractivity contribution in [1.29, 1.82) is 0 Å². The molecule has 26 heavy (non-hydrogen) atoms. The Morgan fingerprint density at radius 1 is 1.23 bits per heavy atom. The van der Waals surface area contributed by atoms with E-state index in [0.29, 0.717) is 24.2 Å². The van der Waals surface area contributed by atoms with Crippen LogP contribution in [0.1, 0.15) is 24.8 Å². The van der Waals surface area contributed by atoms with Gasteiger partial charge in [0.25, 0.3) is 0 Å². The molecule has 1 aliphatic heterocycles. The molecule has 0 aliphatic carbocycles. The zero-order chi connectivity index (χ0) is 18.7. The normalized spacial score (nSPS) is 17.8. The zero-order valence-corrected chi connectivity index (χ0v) is 14.4. The number of alkyl halides is 3. The molecule has 5 nitrogen and oxygen atoms in total. The second kappa shape index (κ2) is 7.59. The van der Waals surface area contributed by atoms with E-state index in [1.54, 1.807) is 0 Å². The lowest BCUT2D eigenvalue weighted by Gasteiger charge is -2.23. The predicted molar refractivity (Wildman–Crippen MR) is 91.8 cm³/mol. The highest BCUT2D eigenvalue weighted by atomic mass is 35.5. The summed E-state index contributed by atoms with van der Waals surface area (Å²) in [6, 6.07) is 4.12. The molecule has 2 N–H and O–H groups in total. The molecule has 1 aliphatic rings. The number of rotatable bonds is 3. The third-order valence-corrected chi connectivity index (χ3v) is 4.35. The first-order chi connectivity index (χ1) is 12.3. The highest BCUT2D eigenvalue weighted by molar-refractivity contribution is 6.29. The number of halogens is 4. The van der Waals surface area contributed by atoms with Crippen LogP contribution in [0.2, 0.25) is 5.15 Å². The van der Waals surface area contributed by atoms with Crippen molar-refractivity contribution in [2.45, 2.75) is 31.5 Å². The second-order valence-corrected chi connectivity index (χ2v) is 6.36. The summed E-state index contributed by atoms with van der Waals surface area (Å²) in [4.78, 5) is 20.3. The molecule has 1 atom stereocenters. The van der Waals surface area contributed by atoms with Crippen LogP contribution in [0.15, 0.2) is 30.6 Å². The van der Waals surface area contributed by atoms with Crippen LogP contribution < -0.4 is 10.6 Å². The summed E-state index contributed by atoms with van der Waals surface area (Å²) in [5.41, 5.74) is -0.155. The molecule has 1 saturated heterocycles. The van der Waals surface area contributed by atoms with Crippen molar-refractivity contribution in [2.75, 3.05) is 11.9 Å². The Kier molecular flexibility index (Phi) is 5.43. The van der Waals surface area contributed by atoms with Crippen LogP contribution in [-0.4, -0.2) is 28.5 Å². The smallest absolute Gasteiger partial charge is 0.324 e. The number of nitrogens with one attached hydrogen (secondary N) is 2. The minimum atomic E-state index is -4.52. The summed E-state index contributed by atoms with van der Waals surface area (Å²) in [5, 5.41) is 5.83. The van der Waals surface area contributed by atoms with Crippen LogP contribution in [0.4, 0.5) is 18.9 Å². The van der Waals surface area contributed by atoms with Gasteiger partial charge in [0.1, 0.15) is 11.5 Å². The van der Waals surface area contributed by atoms with E-state index in [4.69, 9.17) is 11.6 Å². The molecule has 1 aromatic carbocycles. The zero-order valence-electron chi connectivity index (χ0n) is 13.6. The van der Waals surface area contributed by atoms with Crippen molar-refractivity contribution in [3.63, 3.8) is 0 Å². The number of piperidine rings is 1. The van der Waals surface area contributed by atoms with Gasteiger partial charge < -0.3 is 10.6 Å². The van der Waals surface area contributed by atoms with Crippen molar-refractivity contribution < 1.29 is 18.0 Å². The number of benzene rings is 1. The van der Waals surface area contributed by atoms with Gasteiger partial charge in [-0.1, -0.05) is 24.1 Å². The van der Waals surface area contributed by atoms with Gasteiger partial charge >= 0.3 is 6.18 Å². The van der Waals surface area contributed by atoms with E-state index in [2.05, 4.69) is 20.6 Å². The summed E-state index contributed by atoms with van der Waals surface area (Å²) in [5.74, 6) is -0.370. The Bertz CT molecular complexity index is 807. The van der Waals surface area contributed by atoms with Crippen LogP contribution in [-0.2, 0) is 11.0 Å². The number of nitrogens with zero attached hydrogens (tertiary/aromatic N) is 2. The van der Waals surface area contributed by atoms with Gasteiger partial charge in [0.2, 0.25) is 5.91 Å². The van der Waals surface area contributed by atoms with Gasteiger partial charge in [-0.15, -0.1) is 0 Å². The number of hydrogen-bond donors (Lipinski definition) is 2. The summed E-state index contributed by atoms with van der Waals surface area (Å²) in [7, 11) is 0. The van der Waals surface area contributed by atoms with Gasteiger partial charge in [-0.3, -0.25) is 4.79 Å². The number of anilines is 1. The molecule has 0 spiro atoms. The summed E-state index contributed by atoms with van der Waals surface area (Å²) in [6.07, 6.45) is -0.812. The number of carbonyl (C=O) groups is 1. The molecule has 2 heterocycles. The van der Waals surface area contributed by atoms with Crippen LogP contribution >= 0.6 is 11.6 Å². The van der Waals surface area contributed by atoms with E-state index in [1.165, 1.54) is 18.5 Å². The Hall–Kier alpha value is -2.19.